The molecule has 0 saturated carbocycles. The summed E-state index contributed by atoms with van der Waals surface area (Å²) in [5, 5.41) is 9.12. The third-order valence-corrected chi connectivity index (χ3v) is 6.01. The average molecular weight is 386 g/mol. The van der Waals surface area contributed by atoms with Crippen molar-refractivity contribution in [3.8, 4) is 0 Å². The molecule has 2 rings (SSSR count). The minimum atomic E-state index is -0.746. The van der Waals surface area contributed by atoms with E-state index in [1.165, 1.54) is 0 Å². The summed E-state index contributed by atoms with van der Waals surface area (Å²) in [5.41, 5.74) is 0. The number of hydrogen-bond acceptors (Lipinski definition) is 3. The van der Waals surface area contributed by atoms with Crippen molar-refractivity contribution < 1.29 is 14.7 Å². The van der Waals surface area contributed by atoms with Gasteiger partial charge in [0.15, 0.2) is 0 Å². The Morgan fingerprint density at radius 2 is 2.14 bits per heavy atom. The number of amides is 1. The van der Waals surface area contributed by atoms with Crippen LogP contribution in [-0.2, 0) is 9.59 Å². The number of likely N-dealkylation sites (tertiary alicyclic amines) is 1. The van der Waals surface area contributed by atoms with Gasteiger partial charge in [0.25, 0.3) is 0 Å². The first kappa shape index (κ1) is 17.3. The molecule has 2 atom stereocenters. The number of hydrogen-bond donors (Lipinski definition) is 1. The maximum Gasteiger partial charge on any atom is 0.306 e. The number of halogens is 1. The summed E-state index contributed by atoms with van der Waals surface area (Å²) in [5.74, 6) is -0.196. The summed E-state index contributed by atoms with van der Waals surface area (Å²) in [6.45, 7) is 3.02. The van der Waals surface area contributed by atoms with Gasteiger partial charge in [-0.1, -0.05) is 19.1 Å². The van der Waals surface area contributed by atoms with Crippen molar-refractivity contribution >= 4 is 39.6 Å². The highest BCUT2D eigenvalue weighted by Crippen LogP contribution is 2.28. The molecule has 1 aliphatic heterocycles. The molecule has 1 fully saturated rings. The molecule has 0 aromatic heterocycles. The molecular formula is C16H20BrNO3S. The number of carbonyl (C=O) groups excluding carboxylic acids is 1. The Hall–Kier alpha value is -1.01. The van der Waals surface area contributed by atoms with Gasteiger partial charge in [-0.25, -0.2) is 0 Å². The number of piperidine rings is 1. The van der Waals surface area contributed by atoms with E-state index in [-0.39, 0.29) is 17.7 Å². The van der Waals surface area contributed by atoms with Crippen LogP contribution in [0.3, 0.4) is 0 Å². The SMILES string of the molecule is CC1CN(C(=O)CCSc2ccccc2Br)CCC1C(=O)O. The van der Waals surface area contributed by atoms with Crippen LogP contribution in [0, 0.1) is 11.8 Å². The van der Waals surface area contributed by atoms with E-state index in [0.29, 0.717) is 25.9 Å². The number of carboxylic acids is 1. The Labute approximate surface area is 143 Å². The molecule has 1 aromatic carbocycles. The van der Waals surface area contributed by atoms with E-state index < -0.39 is 5.97 Å². The van der Waals surface area contributed by atoms with Crippen molar-refractivity contribution in [2.24, 2.45) is 11.8 Å². The summed E-state index contributed by atoms with van der Waals surface area (Å²) >= 11 is 5.15. The van der Waals surface area contributed by atoms with E-state index in [1.54, 1.807) is 11.8 Å². The fraction of sp³-hybridized carbons (Fsp3) is 0.500. The van der Waals surface area contributed by atoms with Crippen molar-refractivity contribution in [2.45, 2.75) is 24.7 Å². The van der Waals surface area contributed by atoms with E-state index in [9.17, 15) is 9.59 Å². The van der Waals surface area contributed by atoms with Gasteiger partial charge in [-0.3, -0.25) is 9.59 Å². The molecule has 0 radical (unpaired) electrons. The Morgan fingerprint density at radius 3 is 2.77 bits per heavy atom. The zero-order valence-corrected chi connectivity index (χ0v) is 14.9. The van der Waals surface area contributed by atoms with Crippen molar-refractivity contribution in [1.82, 2.24) is 4.90 Å². The van der Waals surface area contributed by atoms with Gasteiger partial charge in [-0.2, -0.15) is 0 Å². The Bertz CT molecular complexity index is 552. The topological polar surface area (TPSA) is 57.6 Å². The summed E-state index contributed by atoms with van der Waals surface area (Å²) < 4.78 is 1.04. The van der Waals surface area contributed by atoms with Gasteiger partial charge in [0.1, 0.15) is 0 Å². The smallest absolute Gasteiger partial charge is 0.306 e. The molecule has 0 aliphatic carbocycles. The number of rotatable bonds is 5. The molecule has 1 N–H and O–H groups in total. The second-order valence-electron chi connectivity index (χ2n) is 5.58. The maximum absolute atomic E-state index is 12.2. The monoisotopic (exact) mass is 385 g/mol. The van der Waals surface area contributed by atoms with Gasteiger partial charge in [0, 0.05) is 34.6 Å². The summed E-state index contributed by atoms with van der Waals surface area (Å²) in [6.07, 6.45) is 1.04. The molecule has 1 aliphatic rings. The van der Waals surface area contributed by atoms with Crippen LogP contribution in [-0.4, -0.2) is 40.7 Å². The van der Waals surface area contributed by atoms with Crippen LogP contribution in [0.25, 0.3) is 0 Å². The second kappa shape index (κ2) is 8.02. The standard InChI is InChI=1S/C16H20BrNO3S/c1-11-10-18(8-6-12(11)16(20)21)15(19)7-9-22-14-5-3-2-4-13(14)17/h2-5,11-12H,6-10H2,1H3,(H,20,21). The lowest BCUT2D eigenvalue weighted by Crippen LogP contribution is -2.45. The molecule has 0 bridgehead atoms. The minimum absolute atomic E-state index is 0.0196. The number of carboxylic acid groups (broad SMARTS) is 1. The van der Waals surface area contributed by atoms with Gasteiger partial charge in [-0.15, -0.1) is 11.8 Å². The molecule has 120 valence electrons. The average Bonchev–Trinajstić information content (AvgIpc) is 2.48. The minimum Gasteiger partial charge on any atom is -0.481 e. The van der Waals surface area contributed by atoms with Crippen LogP contribution in [0.5, 0.6) is 0 Å². The zero-order valence-electron chi connectivity index (χ0n) is 12.5. The van der Waals surface area contributed by atoms with Crippen LogP contribution >= 0.6 is 27.7 Å². The number of benzene rings is 1. The highest BCUT2D eigenvalue weighted by Gasteiger charge is 2.32. The fourth-order valence-electron chi connectivity index (χ4n) is 2.71. The molecule has 1 aromatic rings. The zero-order chi connectivity index (χ0) is 16.1. The lowest BCUT2D eigenvalue weighted by Gasteiger charge is -2.35. The van der Waals surface area contributed by atoms with Crippen molar-refractivity contribution in [2.75, 3.05) is 18.8 Å². The van der Waals surface area contributed by atoms with Crippen LogP contribution in [0.1, 0.15) is 19.8 Å². The lowest BCUT2D eigenvalue weighted by atomic mass is 9.87. The summed E-state index contributed by atoms with van der Waals surface area (Å²) in [7, 11) is 0. The highest BCUT2D eigenvalue weighted by molar-refractivity contribution is 9.10. The molecular weight excluding hydrogens is 366 g/mol. The molecule has 1 saturated heterocycles. The van der Waals surface area contributed by atoms with Gasteiger partial charge < -0.3 is 10.0 Å². The van der Waals surface area contributed by atoms with Crippen LogP contribution in [0.4, 0.5) is 0 Å². The van der Waals surface area contributed by atoms with E-state index in [1.807, 2.05) is 36.1 Å². The van der Waals surface area contributed by atoms with Crippen molar-refractivity contribution in [3.05, 3.63) is 28.7 Å². The largest absolute Gasteiger partial charge is 0.481 e. The number of aliphatic carboxylic acids is 1. The first-order valence-corrected chi connectivity index (χ1v) is 9.15. The highest BCUT2D eigenvalue weighted by atomic mass is 79.9. The normalized spacial score (nSPS) is 21.6. The number of thioether (sulfide) groups is 1. The number of nitrogens with zero attached hydrogens (tertiary/aromatic N) is 1. The molecule has 1 amide bonds. The van der Waals surface area contributed by atoms with Crippen molar-refractivity contribution in [3.63, 3.8) is 0 Å². The van der Waals surface area contributed by atoms with Gasteiger partial charge in [0.05, 0.1) is 5.92 Å². The van der Waals surface area contributed by atoms with E-state index in [2.05, 4.69) is 15.9 Å². The summed E-state index contributed by atoms with van der Waals surface area (Å²) in [4.78, 5) is 26.3. The lowest BCUT2D eigenvalue weighted by molar-refractivity contribution is -0.148. The van der Waals surface area contributed by atoms with Crippen molar-refractivity contribution in [1.29, 1.82) is 0 Å². The molecule has 2 unspecified atom stereocenters. The first-order chi connectivity index (χ1) is 10.5. The van der Waals surface area contributed by atoms with E-state index in [4.69, 9.17) is 5.11 Å². The third-order valence-electron chi connectivity index (χ3n) is 3.99. The molecule has 4 nitrogen and oxygen atoms in total. The predicted molar refractivity (Wildman–Crippen MR) is 91.0 cm³/mol. The summed E-state index contributed by atoms with van der Waals surface area (Å²) in [6, 6.07) is 7.96. The Morgan fingerprint density at radius 1 is 1.41 bits per heavy atom. The van der Waals surface area contributed by atoms with Crippen LogP contribution in [0.15, 0.2) is 33.6 Å². The van der Waals surface area contributed by atoms with Gasteiger partial charge in [0.2, 0.25) is 5.91 Å². The Balaban J connectivity index is 1.79. The first-order valence-electron chi connectivity index (χ1n) is 7.37. The van der Waals surface area contributed by atoms with Gasteiger partial charge in [-0.05, 0) is 40.4 Å². The molecule has 6 heteroatoms. The predicted octanol–water partition coefficient (Wildman–Crippen LogP) is 3.50. The fourth-order valence-corrected chi connectivity index (χ4v) is 4.21. The van der Waals surface area contributed by atoms with Gasteiger partial charge >= 0.3 is 5.97 Å². The van der Waals surface area contributed by atoms with E-state index >= 15 is 0 Å². The Kier molecular flexibility index (Phi) is 6.32. The van der Waals surface area contributed by atoms with E-state index in [0.717, 1.165) is 15.1 Å². The number of carbonyl (C=O) groups is 2. The van der Waals surface area contributed by atoms with Crippen LogP contribution < -0.4 is 0 Å². The molecule has 22 heavy (non-hydrogen) atoms. The molecule has 0 spiro atoms. The third kappa shape index (κ3) is 4.49. The van der Waals surface area contributed by atoms with Crippen LogP contribution in [0.2, 0.25) is 0 Å². The quantitative estimate of drug-likeness (QED) is 0.787. The second-order valence-corrected chi connectivity index (χ2v) is 7.57. The molecule has 1 heterocycles. The maximum atomic E-state index is 12.2.